The van der Waals surface area contributed by atoms with Crippen LogP contribution in [0.3, 0.4) is 0 Å². The minimum absolute atomic E-state index is 0.0256. The molecule has 4 heteroatoms. The third kappa shape index (κ3) is 2.48. The highest BCUT2D eigenvalue weighted by atomic mass is 16.2. The van der Waals surface area contributed by atoms with Gasteiger partial charge in [0.05, 0.1) is 6.54 Å². The monoisotopic (exact) mass is 258 g/mol. The number of nitrogens with one attached hydrogen (secondary N) is 1. The van der Waals surface area contributed by atoms with Gasteiger partial charge < -0.3 is 10.2 Å². The summed E-state index contributed by atoms with van der Waals surface area (Å²) in [6.45, 7) is 0.939. The molecule has 1 aliphatic heterocycles. The molecule has 1 N–H and O–H groups in total. The molecule has 1 aromatic carbocycles. The van der Waals surface area contributed by atoms with Gasteiger partial charge in [-0.2, -0.15) is 0 Å². The van der Waals surface area contributed by atoms with Crippen molar-refractivity contribution < 1.29 is 9.59 Å². The van der Waals surface area contributed by atoms with Crippen LogP contribution < -0.4 is 5.32 Å². The average molecular weight is 258 g/mol. The number of amides is 2. The molecule has 1 aliphatic carbocycles. The number of rotatable bonds is 3. The van der Waals surface area contributed by atoms with Gasteiger partial charge in [0.1, 0.15) is 6.04 Å². The Bertz CT molecular complexity index is 482. The molecule has 1 unspecified atom stereocenters. The molecule has 2 fully saturated rings. The Morgan fingerprint density at radius 1 is 1.16 bits per heavy atom. The van der Waals surface area contributed by atoms with Crippen LogP contribution in [0.25, 0.3) is 0 Å². The van der Waals surface area contributed by atoms with E-state index >= 15 is 0 Å². The normalized spacial score (nSPS) is 24.0. The molecule has 1 heterocycles. The van der Waals surface area contributed by atoms with Gasteiger partial charge in [-0.3, -0.25) is 9.59 Å². The summed E-state index contributed by atoms with van der Waals surface area (Å²) in [5.74, 6) is 0.553. The molecule has 19 heavy (non-hydrogen) atoms. The van der Waals surface area contributed by atoms with Gasteiger partial charge in [0.2, 0.25) is 11.8 Å². The van der Waals surface area contributed by atoms with Crippen molar-refractivity contribution in [1.82, 2.24) is 10.2 Å². The van der Waals surface area contributed by atoms with Gasteiger partial charge in [-0.25, -0.2) is 0 Å². The van der Waals surface area contributed by atoms with Crippen LogP contribution in [-0.2, 0) is 9.59 Å². The van der Waals surface area contributed by atoms with E-state index < -0.39 is 6.04 Å². The first-order valence-electron chi connectivity index (χ1n) is 6.87. The first kappa shape index (κ1) is 12.2. The van der Waals surface area contributed by atoms with Gasteiger partial charge in [0, 0.05) is 6.54 Å². The highest BCUT2D eigenvalue weighted by molar-refractivity contribution is 5.95. The standard InChI is InChI=1S/C15H18N2O2/c18-13-10-17(9-11-5-4-6-11)15(19)14(16-13)12-7-2-1-3-8-12/h1-3,7-8,11,14H,4-6,9-10H2,(H,16,18). The van der Waals surface area contributed by atoms with E-state index in [1.165, 1.54) is 19.3 Å². The van der Waals surface area contributed by atoms with Crippen molar-refractivity contribution >= 4 is 11.8 Å². The minimum Gasteiger partial charge on any atom is -0.339 e. The summed E-state index contributed by atoms with van der Waals surface area (Å²) in [5, 5.41) is 2.79. The average Bonchev–Trinajstić information content (AvgIpc) is 2.38. The second-order valence-electron chi connectivity index (χ2n) is 5.43. The van der Waals surface area contributed by atoms with Crippen LogP contribution in [0.1, 0.15) is 30.9 Å². The summed E-state index contributed by atoms with van der Waals surface area (Å²) in [6, 6.07) is 8.94. The lowest BCUT2D eigenvalue weighted by Gasteiger charge is -2.37. The fourth-order valence-corrected chi connectivity index (χ4v) is 2.72. The van der Waals surface area contributed by atoms with Crippen molar-refractivity contribution in [2.24, 2.45) is 5.92 Å². The highest BCUT2D eigenvalue weighted by Gasteiger charge is 2.35. The fraction of sp³-hybridized carbons (Fsp3) is 0.467. The zero-order chi connectivity index (χ0) is 13.2. The van der Waals surface area contributed by atoms with Crippen molar-refractivity contribution in [1.29, 1.82) is 0 Å². The van der Waals surface area contributed by atoms with E-state index in [1.54, 1.807) is 4.90 Å². The minimum atomic E-state index is -0.512. The fourth-order valence-electron chi connectivity index (χ4n) is 2.72. The van der Waals surface area contributed by atoms with E-state index in [0.29, 0.717) is 5.92 Å². The number of hydrogen-bond acceptors (Lipinski definition) is 2. The molecule has 1 saturated heterocycles. The molecule has 0 bridgehead atoms. The zero-order valence-electron chi connectivity index (χ0n) is 10.8. The molecule has 0 aromatic heterocycles. The lowest BCUT2D eigenvalue weighted by molar-refractivity contribution is -0.145. The van der Waals surface area contributed by atoms with E-state index in [2.05, 4.69) is 5.32 Å². The van der Waals surface area contributed by atoms with Crippen LogP contribution in [-0.4, -0.2) is 29.8 Å². The van der Waals surface area contributed by atoms with E-state index in [1.807, 2.05) is 30.3 Å². The summed E-state index contributed by atoms with van der Waals surface area (Å²) >= 11 is 0. The van der Waals surface area contributed by atoms with E-state index in [4.69, 9.17) is 0 Å². The first-order valence-corrected chi connectivity index (χ1v) is 6.87. The van der Waals surface area contributed by atoms with Gasteiger partial charge in [0.25, 0.3) is 0 Å². The molecule has 1 aromatic rings. The molecule has 100 valence electrons. The quantitative estimate of drug-likeness (QED) is 0.893. The summed E-state index contributed by atoms with van der Waals surface area (Å²) in [5.41, 5.74) is 0.860. The SMILES string of the molecule is O=C1CN(CC2CCC2)C(=O)C(c2ccccc2)N1. The Balaban J connectivity index is 1.76. The van der Waals surface area contributed by atoms with Crippen LogP contribution >= 0.6 is 0 Å². The van der Waals surface area contributed by atoms with Crippen LogP contribution in [0.4, 0.5) is 0 Å². The Morgan fingerprint density at radius 3 is 2.53 bits per heavy atom. The van der Waals surface area contributed by atoms with Crippen LogP contribution in [0.5, 0.6) is 0 Å². The third-order valence-electron chi connectivity index (χ3n) is 4.03. The number of carbonyl (C=O) groups is 2. The van der Waals surface area contributed by atoms with Gasteiger partial charge in [-0.05, 0) is 24.3 Å². The molecule has 3 rings (SSSR count). The van der Waals surface area contributed by atoms with Crippen molar-refractivity contribution in [3.63, 3.8) is 0 Å². The first-order chi connectivity index (χ1) is 9.24. The molecular formula is C15H18N2O2. The number of carbonyl (C=O) groups excluding carboxylic acids is 2. The predicted octanol–water partition coefficient (Wildman–Crippen LogP) is 1.49. The Morgan fingerprint density at radius 2 is 1.89 bits per heavy atom. The Hall–Kier alpha value is -1.84. The summed E-state index contributed by atoms with van der Waals surface area (Å²) in [6.07, 6.45) is 3.61. The molecule has 1 saturated carbocycles. The molecule has 0 radical (unpaired) electrons. The zero-order valence-corrected chi connectivity index (χ0v) is 10.8. The molecule has 2 amide bonds. The molecular weight excluding hydrogens is 240 g/mol. The van der Waals surface area contributed by atoms with Crippen LogP contribution in [0, 0.1) is 5.92 Å². The maximum atomic E-state index is 12.5. The topological polar surface area (TPSA) is 49.4 Å². The van der Waals surface area contributed by atoms with Crippen molar-refractivity contribution in [2.75, 3.05) is 13.1 Å². The number of hydrogen-bond donors (Lipinski definition) is 1. The van der Waals surface area contributed by atoms with E-state index in [0.717, 1.165) is 12.1 Å². The lowest BCUT2D eigenvalue weighted by Crippen LogP contribution is -2.54. The lowest BCUT2D eigenvalue weighted by atomic mass is 9.84. The van der Waals surface area contributed by atoms with Gasteiger partial charge in [-0.1, -0.05) is 36.8 Å². The van der Waals surface area contributed by atoms with Crippen LogP contribution in [0.2, 0.25) is 0 Å². The summed E-state index contributed by atoms with van der Waals surface area (Å²) < 4.78 is 0. The van der Waals surface area contributed by atoms with Gasteiger partial charge >= 0.3 is 0 Å². The van der Waals surface area contributed by atoms with E-state index in [9.17, 15) is 9.59 Å². The predicted molar refractivity (Wildman–Crippen MR) is 71.2 cm³/mol. The third-order valence-corrected chi connectivity index (χ3v) is 4.03. The van der Waals surface area contributed by atoms with Gasteiger partial charge in [-0.15, -0.1) is 0 Å². The maximum absolute atomic E-state index is 12.5. The van der Waals surface area contributed by atoms with Gasteiger partial charge in [0.15, 0.2) is 0 Å². The van der Waals surface area contributed by atoms with Crippen molar-refractivity contribution in [3.05, 3.63) is 35.9 Å². The molecule has 2 aliphatic rings. The molecule has 4 nitrogen and oxygen atoms in total. The second kappa shape index (κ2) is 5.03. The molecule has 1 atom stereocenters. The molecule has 0 spiro atoms. The number of benzene rings is 1. The van der Waals surface area contributed by atoms with Crippen molar-refractivity contribution in [2.45, 2.75) is 25.3 Å². The number of nitrogens with zero attached hydrogens (tertiary/aromatic N) is 1. The summed E-state index contributed by atoms with van der Waals surface area (Å²) in [7, 11) is 0. The Labute approximate surface area is 112 Å². The van der Waals surface area contributed by atoms with Crippen molar-refractivity contribution in [3.8, 4) is 0 Å². The second-order valence-corrected chi connectivity index (χ2v) is 5.43. The highest BCUT2D eigenvalue weighted by Crippen LogP contribution is 2.29. The largest absolute Gasteiger partial charge is 0.339 e. The Kier molecular flexibility index (Phi) is 3.23. The van der Waals surface area contributed by atoms with E-state index in [-0.39, 0.29) is 18.4 Å². The maximum Gasteiger partial charge on any atom is 0.250 e. The smallest absolute Gasteiger partial charge is 0.250 e. The van der Waals surface area contributed by atoms with Crippen LogP contribution in [0.15, 0.2) is 30.3 Å². The summed E-state index contributed by atoms with van der Waals surface area (Å²) in [4.78, 5) is 26.0. The number of piperazine rings is 1.